The molecule has 2 nitrogen and oxygen atoms in total. The minimum atomic E-state index is 0.426. The average molecular weight is 186 g/mol. The summed E-state index contributed by atoms with van der Waals surface area (Å²) in [5.41, 5.74) is 0. The van der Waals surface area contributed by atoms with Crippen molar-refractivity contribution in [3.63, 3.8) is 0 Å². The summed E-state index contributed by atoms with van der Waals surface area (Å²) in [4.78, 5) is 2.85. The molecular weight excluding hydrogens is 168 g/mol. The molecule has 2 aliphatic heterocycles. The van der Waals surface area contributed by atoms with Gasteiger partial charge in [0.25, 0.3) is 0 Å². The van der Waals surface area contributed by atoms with Crippen LogP contribution in [-0.2, 0) is 0 Å². The van der Waals surface area contributed by atoms with Gasteiger partial charge in [-0.2, -0.15) is 0 Å². The van der Waals surface area contributed by atoms with Crippen LogP contribution in [0.1, 0.15) is 19.8 Å². The Hall–Kier alpha value is 0.270. The molecule has 1 spiro atoms. The standard InChI is InChI=1S/C9H18N2S/c1-3-8-6-12-9(10-8)4-5-11(2)7-9/h8,10H,3-7H2,1-2H3. The van der Waals surface area contributed by atoms with Crippen molar-refractivity contribution in [2.24, 2.45) is 0 Å². The fourth-order valence-corrected chi connectivity index (χ4v) is 3.77. The highest BCUT2D eigenvalue weighted by atomic mass is 32.2. The van der Waals surface area contributed by atoms with E-state index in [0.29, 0.717) is 4.87 Å². The first-order valence-corrected chi connectivity index (χ1v) is 5.83. The van der Waals surface area contributed by atoms with Gasteiger partial charge in [0, 0.05) is 24.9 Å². The van der Waals surface area contributed by atoms with E-state index in [0.717, 1.165) is 6.04 Å². The summed E-state index contributed by atoms with van der Waals surface area (Å²) in [6, 6.07) is 0.765. The van der Waals surface area contributed by atoms with Crippen LogP contribution in [0.15, 0.2) is 0 Å². The Balaban J connectivity index is 1.97. The summed E-state index contributed by atoms with van der Waals surface area (Å²) >= 11 is 2.14. The van der Waals surface area contributed by atoms with E-state index in [1.165, 1.54) is 31.7 Å². The zero-order valence-corrected chi connectivity index (χ0v) is 8.78. The van der Waals surface area contributed by atoms with Gasteiger partial charge in [0.2, 0.25) is 0 Å². The SMILES string of the molecule is CCC1CSC2(CCN(C)C2)N1. The van der Waals surface area contributed by atoms with Gasteiger partial charge in [0.05, 0.1) is 4.87 Å². The molecule has 2 rings (SSSR count). The van der Waals surface area contributed by atoms with Gasteiger partial charge in [-0.15, -0.1) is 11.8 Å². The zero-order valence-electron chi connectivity index (χ0n) is 7.97. The Bertz CT molecular complexity index is 174. The molecular formula is C9H18N2S. The molecule has 0 aliphatic carbocycles. The third-order valence-corrected chi connectivity index (χ3v) is 4.52. The van der Waals surface area contributed by atoms with E-state index >= 15 is 0 Å². The average Bonchev–Trinajstić information content (AvgIpc) is 2.61. The third-order valence-electron chi connectivity index (χ3n) is 2.94. The molecule has 0 aromatic carbocycles. The number of nitrogens with one attached hydrogen (secondary N) is 1. The number of nitrogens with zero attached hydrogens (tertiary/aromatic N) is 1. The van der Waals surface area contributed by atoms with Crippen LogP contribution < -0.4 is 5.32 Å². The molecule has 0 amide bonds. The number of likely N-dealkylation sites (N-methyl/N-ethyl adjacent to an activating group) is 1. The van der Waals surface area contributed by atoms with Crippen molar-refractivity contribution in [2.75, 3.05) is 25.9 Å². The van der Waals surface area contributed by atoms with Gasteiger partial charge in [-0.1, -0.05) is 6.92 Å². The lowest BCUT2D eigenvalue weighted by atomic mass is 10.2. The number of thioether (sulfide) groups is 1. The molecule has 0 bridgehead atoms. The molecule has 70 valence electrons. The van der Waals surface area contributed by atoms with Crippen LogP contribution in [0.5, 0.6) is 0 Å². The summed E-state index contributed by atoms with van der Waals surface area (Å²) in [7, 11) is 2.22. The second kappa shape index (κ2) is 3.20. The highest BCUT2D eigenvalue weighted by Gasteiger charge is 2.42. The molecule has 12 heavy (non-hydrogen) atoms. The van der Waals surface area contributed by atoms with Gasteiger partial charge in [-0.25, -0.2) is 0 Å². The second-order valence-corrected chi connectivity index (χ2v) is 5.45. The van der Waals surface area contributed by atoms with E-state index in [1.807, 2.05) is 0 Å². The van der Waals surface area contributed by atoms with Crippen LogP contribution in [0, 0.1) is 0 Å². The van der Waals surface area contributed by atoms with Gasteiger partial charge in [0.15, 0.2) is 0 Å². The molecule has 2 unspecified atom stereocenters. The van der Waals surface area contributed by atoms with Gasteiger partial charge < -0.3 is 4.90 Å². The maximum absolute atomic E-state index is 3.77. The smallest absolute Gasteiger partial charge is 0.0788 e. The predicted molar refractivity (Wildman–Crippen MR) is 54.5 cm³/mol. The zero-order chi connectivity index (χ0) is 8.60. The molecule has 0 saturated carbocycles. The van der Waals surface area contributed by atoms with Crippen molar-refractivity contribution in [2.45, 2.75) is 30.7 Å². The van der Waals surface area contributed by atoms with Crippen LogP contribution in [0.4, 0.5) is 0 Å². The summed E-state index contributed by atoms with van der Waals surface area (Å²) in [6.07, 6.45) is 2.60. The molecule has 2 aliphatic rings. The molecule has 0 aromatic heterocycles. The minimum Gasteiger partial charge on any atom is -0.304 e. The predicted octanol–water partition coefficient (Wildman–Crippen LogP) is 1.13. The molecule has 2 heterocycles. The van der Waals surface area contributed by atoms with E-state index in [-0.39, 0.29) is 0 Å². The van der Waals surface area contributed by atoms with Crippen LogP contribution in [0.25, 0.3) is 0 Å². The highest BCUT2D eigenvalue weighted by Crippen LogP contribution is 2.38. The molecule has 1 N–H and O–H groups in total. The largest absolute Gasteiger partial charge is 0.304 e. The molecule has 0 radical (unpaired) electrons. The van der Waals surface area contributed by atoms with Crippen LogP contribution in [-0.4, -0.2) is 41.7 Å². The van der Waals surface area contributed by atoms with E-state index in [4.69, 9.17) is 0 Å². The first kappa shape index (κ1) is 8.85. The maximum atomic E-state index is 3.77. The van der Waals surface area contributed by atoms with Gasteiger partial charge in [-0.3, -0.25) is 5.32 Å². The van der Waals surface area contributed by atoms with Gasteiger partial charge in [0.1, 0.15) is 0 Å². The van der Waals surface area contributed by atoms with Crippen molar-refractivity contribution in [3.8, 4) is 0 Å². The lowest BCUT2D eigenvalue weighted by molar-refractivity contribution is 0.378. The second-order valence-electron chi connectivity index (χ2n) is 4.04. The monoisotopic (exact) mass is 186 g/mol. The van der Waals surface area contributed by atoms with Crippen LogP contribution >= 0.6 is 11.8 Å². The first-order chi connectivity index (χ1) is 5.74. The minimum absolute atomic E-state index is 0.426. The molecule has 0 aromatic rings. The maximum Gasteiger partial charge on any atom is 0.0788 e. The topological polar surface area (TPSA) is 15.3 Å². The summed E-state index contributed by atoms with van der Waals surface area (Å²) < 4.78 is 0. The fourth-order valence-electron chi connectivity index (χ4n) is 2.14. The molecule has 3 heteroatoms. The van der Waals surface area contributed by atoms with Crippen molar-refractivity contribution in [3.05, 3.63) is 0 Å². The normalized spacial score (nSPS) is 43.0. The van der Waals surface area contributed by atoms with Crippen molar-refractivity contribution >= 4 is 11.8 Å². The van der Waals surface area contributed by atoms with Crippen molar-refractivity contribution in [1.29, 1.82) is 0 Å². The first-order valence-electron chi connectivity index (χ1n) is 4.84. The lowest BCUT2D eigenvalue weighted by Gasteiger charge is -2.23. The molecule has 2 atom stereocenters. The van der Waals surface area contributed by atoms with Crippen molar-refractivity contribution in [1.82, 2.24) is 10.2 Å². The third kappa shape index (κ3) is 1.50. The van der Waals surface area contributed by atoms with E-state index < -0.39 is 0 Å². The van der Waals surface area contributed by atoms with Crippen LogP contribution in [0.2, 0.25) is 0 Å². The van der Waals surface area contributed by atoms with Crippen molar-refractivity contribution < 1.29 is 0 Å². The number of hydrogen-bond donors (Lipinski definition) is 1. The van der Waals surface area contributed by atoms with Gasteiger partial charge >= 0.3 is 0 Å². The Morgan fingerprint density at radius 1 is 1.67 bits per heavy atom. The quantitative estimate of drug-likeness (QED) is 0.661. The fraction of sp³-hybridized carbons (Fsp3) is 1.00. The number of hydrogen-bond acceptors (Lipinski definition) is 3. The van der Waals surface area contributed by atoms with E-state index in [1.54, 1.807) is 0 Å². The number of rotatable bonds is 1. The summed E-state index contributed by atoms with van der Waals surface area (Å²) in [5.74, 6) is 1.31. The molecule has 2 saturated heterocycles. The van der Waals surface area contributed by atoms with E-state index in [2.05, 4.69) is 35.9 Å². The molecule has 2 fully saturated rings. The Labute approximate surface area is 79.1 Å². The summed E-state index contributed by atoms with van der Waals surface area (Å²) in [6.45, 7) is 4.76. The Morgan fingerprint density at radius 3 is 3.00 bits per heavy atom. The Kier molecular flexibility index (Phi) is 2.36. The lowest BCUT2D eigenvalue weighted by Crippen LogP contribution is -2.43. The Morgan fingerprint density at radius 2 is 2.50 bits per heavy atom. The number of likely N-dealkylation sites (tertiary alicyclic amines) is 1. The summed E-state index contributed by atoms with van der Waals surface area (Å²) in [5, 5.41) is 3.77. The van der Waals surface area contributed by atoms with Gasteiger partial charge in [-0.05, 0) is 19.9 Å². The van der Waals surface area contributed by atoms with E-state index in [9.17, 15) is 0 Å². The van der Waals surface area contributed by atoms with Crippen LogP contribution in [0.3, 0.4) is 0 Å². The highest BCUT2D eigenvalue weighted by molar-refractivity contribution is 8.01.